The average Bonchev–Trinajstić information content (AvgIpc) is 3.07. The first-order chi connectivity index (χ1) is 12.7. The molecule has 2 aromatic rings. The molecule has 0 unspecified atom stereocenters. The SMILES string of the molecule is O=C(N[C@@H]1CCSc2ccccc21)c1ccc(CN2CCCC2=O)cc1. The number of hydrogen-bond acceptors (Lipinski definition) is 3. The molecule has 1 fully saturated rings. The van der Waals surface area contributed by atoms with E-state index in [0.29, 0.717) is 18.5 Å². The number of carbonyl (C=O) groups is 2. The predicted molar refractivity (Wildman–Crippen MR) is 103 cm³/mol. The van der Waals surface area contributed by atoms with Gasteiger partial charge in [0.25, 0.3) is 5.91 Å². The molecule has 2 aliphatic rings. The van der Waals surface area contributed by atoms with Gasteiger partial charge in [-0.2, -0.15) is 0 Å². The largest absolute Gasteiger partial charge is 0.345 e. The quantitative estimate of drug-likeness (QED) is 0.896. The van der Waals surface area contributed by atoms with Gasteiger partial charge in [0.15, 0.2) is 0 Å². The molecule has 26 heavy (non-hydrogen) atoms. The van der Waals surface area contributed by atoms with Gasteiger partial charge in [0.05, 0.1) is 6.04 Å². The van der Waals surface area contributed by atoms with Gasteiger partial charge in [-0.05, 0) is 42.2 Å². The van der Waals surface area contributed by atoms with Crippen molar-refractivity contribution in [1.29, 1.82) is 0 Å². The molecule has 1 saturated heterocycles. The maximum Gasteiger partial charge on any atom is 0.251 e. The number of carbonyl (C=O) groups excluding carboxylic acids is 2. The van der Waals surface area contributed by atoms with Crippen LogP contribution in [0.1, 0.15) is 46.8 Å². The molecule has 134 valence electrons. The molecular formula is C21H22N2O2S. The first kappa shape index (κ1) is 17.2. The Morgan fingerprint density at radius 2 is 1.96 bits per heavy atom. The first-order valence-electron chi connectivity index (χ1n) is 9.10. The van der Waals surface area contributed by atoms with E-state index in [2.05, 4.69) is 17.4 Å². The molecular weight excluding hydrogens is 344 g/mol. The molecule has 0 saturated carbocycles. The summed E-state index contributed by atoms with van der Waals surface area (Å²) in [5, 5.41) is 3.17. The molecule has 0 spiro atoms. The average molecular weight is 366 g/mol. The van der Waals surface area contributed by atoms with Crippen LogP contribution in [-0.2, 0) is 11.3 Å². The second-order valence-electron chi connectivity index (χ2n) is 6.82. The highest BCUT2D eigenvalue weighted by atomic mass is 32.2. The summed E-state index contributed by atoms with van der Waals surface area (Å²) in [6.07, 6.45) is 2.55. The van der Waals surface area contributed by atoms with Crippen molar-refractivity contribution in [3.05, 3.63) is 65.2 Å². The Balaban J connectivity index is 1.42. The van der Waals surface area contributed by atoms with Crippen molar-refractivity contribution in [2.75, 3.05) is 12.3 Å². The Kier molecular flexibility index (Phi) is 4.98. The van der Waals surface area contributed by atoms with Crippen LogP contribution in [0.5, 0.6) is 0 Å². The fraction of sp³-hybridized carbons (Fsp3) is 0.333. The summed E-state index contributed by atoms with van der Waals surface area (Å²) in [4.78, 5) is 27.5. The van der Waals surface area contributed by atoms with E-state index in [0.717, 1.165) is 30.7 Å². The number of hydrogen-bond donors (Lipinski definition) is 1. The lowest BCUT2D eigenvalue weighted by Gasteiger charge is -2.26. The van der Waals surface area contributed by atoms with Crippen LogP contribution in [0.25, 0.3) is 0 Å². The fourth-order valence-electron chi connectivity index (χ4n) is 3.59. The topological polar surface area (TPSA) is 49.4 Å². The van der Waals surface area contributed by atoms with Gasteiger partial charge in [-0.15, -0.1) is 11.8 Å². The number of benzene rings is 2. The zero-order valence-corrected chi connectivity index (χ0v) is 15.4. The van der Waals surface area contributed by atoms with Crippen LogP contribution in [0.3, 0.4) is 0 Å². The van der Waals surface area contributed by atoms with E-state index < -0.39 is 0 Å². The van der Waals surface area contributed by atoms with Crippen molar-refractivity contribution in [2.45, 2.75) is 36.7 Å². The lowest BCUT2D eigenvalue weighted by molar-refractivity contribution is -0.128. The Hall–Kier alpha value is -2.27. The Bertz CT molecular complexity index is 819. The van der Waals surface area contributed by atoms with Crippen LogP contribution >= 0.6 is 11.8 Å². The zero-order valence-electron chi connectivity index (χ0n) is 14.6. The van der Waals surface area contributed by atoms with Gasteiger partial charge in [-0.1, -0.05) is 30.3 Å². The van der Waals surface area contributed by atoms with Crippen molar-refractivity contribution in [3.8, 4) is 0 Å². The van der Waals surface area contributed by atoms with E-state index in [4.69, 9.17) is 0 Å². The predicted octanol–water partition coefficient (Wildman–Crippen LogP) is 3.78. The number of fused-ring (bicyclic) bond motifs is 1. The van der Waals surface area contributed by atoms with Crippen LogP contribution in [-0.4, -0.2) is 29.0 Å². The molecule has 0 aromatic heterocycles. The van der Waals surface area contributed by atoms with E-state index in [-0.39, 0.29) is 17.9 Å². The highest BCUT2D eigenvalue weighted by Crippen LogP contribution is 2.35. The molecule has 2 heterocycles. The van der Waals surface area contributed by atoms with Gasteiger partial charge in [0.2, 0.25) is 5.91 Å². The van der Waals surface area contributed by atoms with Gasteiger partial charge in [0.1, 0.15) is 0 Å². The van der Waals surface area contributed by atoms with Crippen molar-refractivity contribution in [2.24, 2.45) is 0 Å². The third-order valence-corrected chi connectivity index (χ3v) is 6.15. The second kappa shape index (κ2) is 7.54. The summed E-state index contributed by atoms with van der Waals surface area (Å²) in [5.41, 5.74) is 2.94. The first-order valence-corrected chi connectivity index (χ1v) is 10.1. The molecule has 2 amide bonds. The van der Waals surface area contributed by atoms with Gasteiger partial charge in [0, 0.05) is 35.7 Å². The van der Waals surface area contributed by atoms with Crippen LogP contribution in [0.4, 0.5) is 0 Å². The molecule has 0 radical (unpaired) electrons. The van der Waals surface area contributed by atoms with Crippen LogP contribution in [0, 0.1) is 0 Å². The normalized spacial score (nSPS) is 19.3. The number of nitrogens with one attached hydrogen (secondary N) is 1. The summed E-state index contributed by atoms with van der Waals surface area (Å²) >= 11 is 1.85. The number of amides is 2. The maximum absolute atomic E-state index is 12.6. The van der Waals surface area contributed by atoms with Gasteiger partial charge in [-0.25, -0.2) is 0 Å². The van der Waals surface area contributed by atoms with Crippen LogP contribution in [0.15, 0.2) is 53.4 Å². The highest BCUT2D eigenvalue weighted by Gasteiger charge is 2.23. The minimum atomic E-state index is -0.0412. The number of thioether (sulfide) groups is 1. The van der Waals surface area contributed by atoms with E-state index in [1.807, 2.05) is 53.1 Å². The molecule has 5 heteroatoms. The van der Waals surface area contributed by atoms with Crippen LogP contribution in [0.2, 0.25) is 0 Å². The molecule has 0 bridgehead atoms. The Morgan fingerprint density at radius 3 is 2.73 bits per heavy atom. The summed E-state index contributed by atoms with van der Waals surface area (Å²) in [6, 6.07) is 16.0. The molecule has 0 aliphatic carbocycles. The third-order valence-electron chi connectivity index (χ3n) is 5.02. The fourth-order valence-corrected chi connectivity index (χ4v) is 4.71. The number of nitrogens with zero attached hydrogens (tertiary/aromatic N) is 1. The maximum atomic E-state index is 12.6. The third kappa shape index (κ3) is 3.63. The van der Waals surface area contributed by atoms with Crippen molar-refractivity contribution in [3.63, 3.8) is 0 Å². The van der Waals surface area contributed by atoms with Crippen molar-refractivity contribution in [1.82, 2.24) is 10.2 Å². The van der Waals surface area contributed by atoms with Gasteiger partial charge in [-0.3, -0.25) is 9.59 Å². The van der Waals surface area contributed by atoms with Crippen molar-refractivity contribution < 1.29 is 9.59 Å². The lowest BCUT2D eigenvalue weighted by Crippen LogP contribution is -2.30. The summed E-state index contributed by atoms with van der Waals surface area (Å²) in [6.45, 7) is 1.47. The summed E-state index contributed by atoms with van der Waals surface area (Å²) < 4.78 is 0. The standard InChI is InChI=1S/C21H22N2O2S/c24-20-6-3-12-23(20)14-15-7-9-16(10-8-15)21(25)22-18-11-13-26-19-5-2-1-4-17(18)19/h1-2,4-5,7-10,18H,3,6,11-14H2,(H,22,25)/t18-/m1/s1. The van der Waals surface area contributed by atoms with Gasteiger partial charge >= 0.3 is 0 Å². The van der Waals surface area contributed by atoms with Crippen molar-refractivity contribution >= 4 is 23.6 Å². The zero-order chi connectivity index (χ0) is 17.9. The van der Waals surface area contributed by atoms with Crippen LogP contribution < -0.4 is 5.32 Å². The van der Waals surface area contributed by atoms with E-state index in [9.17, 15) is 9.59 Å². The Labute approximate surface area is 158 Å². The number of likely N-dealkylation sites (tertiary alicyclic amines) is 1. The van der Waals surface area contributed by atoms with E-state index in [1.54, 1.807) is 0 Å². The smallest absolute Gasteiger partial charge is 0.251 e. The monoisotopic (exact) mass is 366 g/mol. The molecule has 4 rings (SSSR count). The minimum absolute atomic E-state index is 0.0412. The minimum Gasteiger partial charge on any atom is -0.345 e. The molecule has 1 atom stereocenters. The Morgan fingerprint density at radius 1 is 1.15 bits per heavy atom. The summed E-state index contributed by atoms with van der Waals surface area (Å²) in [7, 11) is 0. The molecule has 2 aliphatic heterocycles. The highest BCUT2D eigenvalue weighted by molar-refractivity contribution is 7.99. The molecule has 1 N–H and O–H groups in total. The van der Waals surface area contributed by atoms with Gasteiger partial charge < -0.3 is 10.2 Å². The van der Waals surface area contributed by atoms with E-state index in [1.165, 1.54) is 10.5 Å². The molecule has 4 nitrogen and oxygen atoms in total. The lowest BCUT2D eigenvalue weighted by atomic mass is 10.0. The molecule has 2 aromatic carbocycles. The second-order valence-corrected chi connectivity index (χ2v) is 7.95. The van der Waals surface area contributed by atoms with E-state index >= 15 is 0 Å². The number of rotatable bonds is 4. The summed E-state index contributed by atoms with van der Waals surface area (Å²) in [5.74, 6) is 1.20.